The number of thiazole rings is 1. The van der Waals surface area contributed by atoms with Crippen molar-refractivity contribution < 1.29 is 14.7 Å². The smallest absolute Gasteiger partial charge is 0.337 e. The van der Waals surface area contributed by atoms with E-state index < -0.39 is 12.0 Å². The molecule has 0 spiro atoms. The van der Waals surface area contributed by atoms with Gasteiger partial charge in [0.05, 0.1) is 17.4 Å². The number of nitrogens with zero attached hydrogens (tertiary/aromatic N) is 2. The van der Waals surface area contributed by atoms with E-state index in [9.17, 15) is 9.59 Å². The molecule has 0 aliphatic heterocycles. The second-order valence-corrected chi connectivity index (χ2v) is 4.86. The van der Waals surface area contributed by atoms with E-state index in [1.54, 1.807) is 6.20 Å². The number of hydrogen-bond donors (Lipinski definition) is 3. The zero-order chi connectivity index (χ0) is 13.8. The first-order chi connectivity index (χ1) is 9.04. The molecular weight excluding hydrogens is 268 g/mol. The van der Waals surface area contributed by atoms with E-state index in [-0.39, 0.29) is 5.56 Å². The van der Waals surface area contributed by atoms with Crippen LogP contribution in [-0.2, 0) is 0 Å². The van der Waals surface area contributed by atoms with Gasteiger partial charge in [0.15, 0.2) is 5.13 Å². The summed E-state index contributed by atoms with van der Waals surface area (Å²) >= 11 is 1.34. The van der Waals surface area contributed by atoms with E-state index in [4.69, 9.17) is 5.11 Å². The third-order valence-electron chi connectivity index (χ3n) is 2.08. The molecule has 3 N–H and O–H groups in total. The van der Waals surface area contributed by atoms with Crippen LogP contribution in [0.3, 0.4) is 0 Å². The zero-order valence-corrected chi connectivity index (χ0v) is 10.7. The number of hydrogen-bond acceptors (Lipinski definition) is 5. The van der Waals surface area contributed by atoms with Gasteiger partial charge in [-0.2, -0.15) is 0 Å². The van der Waals surface area contributed by atoms with E-state index in [0.717, 1.165) is 4.88 Å². The first-order valence-corrected chi connectivity index (χ1v) is 6.05. The fraction of sp³-hybridized carbons (Fsp3) is 0.0909. The Labute approximate surface area is 112 Å². The Morgan fingerprint density at radius 2 is 2.05 bits per heavy atom. The molecule has 0 radical (unpaired) electrons. The number of carbonyl (C=O) groups is 2. The molecular formula is C11H10N4O3S. The highest BCUT2D eigenvalue weighted by Crippen LogP contribution is 2.17. The highest BCUT2D eigenvalue weighted by molar-refractivity contribution is 7.15. The Morgan fingerprint density at radius 3 is 2.68 bits per heavy atom. The summed E-state index contributed by atoms with van der Waals surface area (Å²) in [5, 5.41) is 14.3. The Bertz CT molecular complexity index is 626. The molecule has 19 heavy (non-hydrogen) atoms. The van der Waals surface area contributed by atoms with Gasteiger partial charge in [-0.25, -0.2) is 14.6 Å². The molecule has 0 bridgehead atoms. The van der Waals surface area contributed by atoms with E-state index in [1.165, 1.54) is 29.8 Å². The number of carbonyl (C=O) groups excluding carboxylic acids is 1. The van der Waals surface area contributed by atoms with Crippen LogP contribution >= 0.6 is 11.3 Å². The molecule has 0 aliphatic rings. The van der Waals surface area contributed by atoms with Crippen molar-refractivity contribution in [1.82, 2.24) is 9.97 Å². The van der Waals surface area contributed by atoms with E-state index in [0.29, 0.717) is 10.8 Å². The maximum atomic E-state index is 11.6. The summed E-state index contributed by atoms with van der Waals surface area (Å²) in [5.41, 5.74) is 0.300. The Hall–Kier alpha value is -2.48. The number of rotatable bonds is 3. The number of carboxylic acid groups (broad SMARTS) is 1. The second kappa shape index (κ2) is 5.44. The molecule has 0 aromatic carbocycles. The number of amides is 2. The molecule has 8 heteroatoms. The lowest BCUT2D eigenvalue weighted by atomic mass is 10.3. The quantitative estimate of drug-likeness (QED) is 0.798. The standard InChI is InChI=1S/C11H10N4O3S/c1-6-3-13-11(19-6)15-10(18)14-8-2-7(9(16)17)4-12-5-8/h2-5H,1H3,(H,16,17)(H2,13,14,15,18). The maximum absolute atomic E-state index is 11.6. The Kier molecular flexibility index (Phi) is 3.71. The molecule has 2 amide bonds. The average molecular weight is 278 g/mol. The molecule has 0 atom stereocenters. The van der Waals surface area contributed by atoms with Gasteiger partial charge in [-0.05, 0) is 13.0 Å². The van der Waals surface area contributed by atoms with Crippen LogP contribution in [0.25, 0.3) is 0 Å². The van der Waals surface area contributed by atoms with Gasteiger partial charge in [0.25, 0.3) is 0 Å². The lowest BCUT2D eigenvalue weighted by molar-refractivity contribution is 0.0696. The Balaban J connectivity index is 2.02. The lowest BCUT2D eigenvalue weighted by Crippen LogP contribution is -2.19. The third kappa shape index (κ3) is 3.49. The van der Waals surface area contributed by atoms with Crippen LogP contribution in [0.15, 0.2) is 24.7 Å². The number of aryl methyl sites for hydroxylation is 1. The van der Waals surface area contributed by atoms with E-state index in [2.05, 4.69) is 20.6 Å². The van der Waals surface area contributed by atoms with Crippen LogP contribution in [-0.4, -0.2) is 27.1 Å². The normalized spacial score (nSPS) is 9.95. The van der Waals surface area contributed by atoms with Crippen molar-refractivity contribution in [1.29, 1.82) is 0 Å². The fourth-order valence-corrected chi connectivity index (χ4v) is 1.96. The van der Waals surface area contributed by atoms with Crippen LogP contribution in [0.1, 0.15) is 15.2 Å². The van der Waals surface area contributed by atoms with Gasteiger partial charge < -0.3 is 10.4 Å². The van der Waals surface area contributed by atoms with Gasteiger partial charge in [0.2, 0.25) is 0 Å². The topological polar surface area (TPSA) is 104 Å². The van der Waals surface area contributed by atoms with Crippen molar-refractivity contribution >= 4 is 34.2 Å². The minimum absolute atomic E-state index is 0.00268. The highest BCUT2D eigenvalue weighted by Gasteiger charge is 2.08. The molecule has 98 valence electrons. The van der Waals surface area contributed by atoms with Crippen LogP contribution in [0.5, 0.6) is 0 Å². The zero-order valence-electron chi connectivity index (χ0n) is 9.88. The summed E-state index contributed by atoms with van der Waals surface area (Å²) < 4.78 is 0. The van der Waals surface area contributed by atoms with Gasteiger partial charge in [0.1, 0.15) is 0 Å². The van der Waals surface area contributed by atoms with Gasteiger partial charge in [-0.3, -0.25) is 10.3 Å². The van der Waals surface area contributed by atoms with Crippen LogP contribution in [0, 0.1) is 6.92 Å². The van der Waals surface area contributed by atoms with Gasteiger partial charge in [-0.15, -0.1) is 11.3 Å². The van der Waals surface area contributed by atoms with Crippen molar-refractivity contribution in [3.63, 3.8) is 0 Å². The molecule has 0 unspecified atom stereocenters. The number of carboxylic acids is 1. The summed E-state index contributed by atoms with van der Waals surface area (Å²) in [6, 6.07) is 0.820. The van der Waals surface area contributed by atoms with Crippen molar-refractivity contribution in [2.24, 2.45) is 0 Å². The minimum Gasteiger partial charge on any atom is -0.478 e. The molecule has 0 saturated carbocycles. The van der Waals surface area contributed by atoms with Crippen LogP contribution in [0.2, 0.25) is 0 Å². The van der Waals surface area contributed by atoms with E-state index in [1.807, 2.05) is 6.92 Å². The van der Waals surface area contributed by atoms with Crippen molar-refractivity contribution in [2.45, 2.75) is 6.92 Å². The average Bonchev–Trinajstić information content (AvgIpc) is 2.74. The van der Waals surface area contributed by atoms with Gasteiger partial charge in [-0.1, -0.05) is 0 Å². The minimum atomic E-state index is -1.10. The molecule has 2 rings (SSSR count). The number of aromatic carboxylic acids is 1. The molecule has 2 aromatic rings. The van der Waals surface area contributed by atoms with Gasteiger partial charge in [0, 0.05) is 17.3 Å². The molecule has 2 aromatic heterocycles. The molecule has 7 nitrogen and oxygen atoms in total. The van der Waals surface area contributed by atoms with E-state index >= 15 is 0 Å². The molecule has 0 saturated heterocycles. The van der Waals surface area contributed by atoms with Crippen molar-refractivity contribution in [2.75, 3.05) is 10.6 Å². The fourth-order valence-electron chi connectivity index (χ4n) is 1.30. The summed E-state index contributed by atoms with van der Waals surface area (Å²) in [7, 11) is 0. The van der Waals surface area contributed by atoms with Crippen LogP contribution < -0.4 is 10.6 Å². The number of nitrogens with one attached hydrogen (secondary N) is 2. The number of pyridine rings is 1. The maximum Gasteiger partial charge on any atom is 0.337 e. The summed E-state index contributed by atoms with van der Waals surface area (Å²) in [4.78, 5) is 31.1. The first-order valence-electron chi connectivity index (χ1n) is 5.23. The predicted octanol–water partition coefficient (Wildman–Crippen LogP) is 2.19. The monoisotopic (exact) mass is 278 g/mol. The second-order valence-electron chi connectivity index (χ2n) is 3.62. The summed E-state index contributed by atoms with van der Waals surface area (Å²) in [6.07, 6.45) is 4.21. The van der Waals surface area contributed by atoms with Gasteiger partial charge >= 0.3 is 12.0 Å². The van der Waals surface area contributed by atoms with Crippen molar-refractivity contribution in [3.05, 3.63) is 35.1 Å². The first kappa shape index (κ1) is 13.0. The SMILES string of the molecule is Cc1cnc(NC(=O)Nc2cncc(C(=O)O)c2)s1. The number of urea groups is 1. The third-order valence-corrected chi connectivity index (χ3v) is 2.91. The summed E-state index contributed by atoms with van der Waals surface area (Å²) in [5.74, 6) is -1.10. The highest BCUT2D eigenvalue weighted by atomic mass is 32.1. The number of aromatic nitrogens is 2. The van der Waals surface area contributed by atoms with Crippen LogP contribution in [0.4, 0.5) is 15.6 Å². The summed E-state index contributed by atoms with van der Waals surface area (Å²) in [6.45, 7) is 1.88. The molecule has 0 aliphatic carbocycles. The largest absolute Gasteiger partial charge is 0.478 e. The molecule has 2 heterocycles. The Morgan fingerprint density at radius 1 is 1.26 bits per heavy atom. The molecule has 0 fully saturated rings. The predicted molar refractivity (Wildman–Crippen MR) is 70.7 cm³/mol. The lowest BCUT2D eigenvalue weighted by Gasteiger charge is -2.05. The number of anilines is 2. The van der Waals surface area contributed by atoms with Crippen molar-refractivity contribution in [3.8, 4) is 0 Å².